The van der Waals surface area contributed by atoms with E-state index < -0.39 is 6.16 Å². The van der Waals surface area contributed by atoms with Gasteiger partial charge in [0.05, 0.1) is 17.7 Å². The number of anilines is 1. The Balaban J connectivity index is 1.70. The van der Waals surface area contributed by atoms with E-state index in [1.54, 1.807) is 36.4 Å². The standard InChI is InChI=1S/C25H21FN2O3/c1-25(2)13-19-12-21(31-24(29)30)7-8-22(19)28-23(25)18-9-17(10-20(26)11-18)16-5-3-15(14-27)4-6-16/h3-12,23,28H,13H2,1-2H3,(H,29,30). The van der Waals surface area contributed by atoms with Crippen molar-refractivity contribution in [2.45, 2.75) is 26.3 Å². The van der Waals surface area contributed by atoms with Crippen molar-refractivity contribution < 1.29 is 19.0 Å². The average Bonchev–Trinajstić information content (AvgIpc) is 2.71. The topological polar surface area (TPSA) is 82.3 Å². The zero-order valence-electron chi connectivity index (χ0n) is 17.1. The van der Waals surface area contributed by atoms with Gasteiger partial charge >= 0.3 is 6.16 Å². The van der Waals surface area contributed by atoms with Crippen molar-refractivity contribution in [1.29, 1.82) is 5.26 Å². The fourth-order valence-electron chi connectivity index (χ4n) is 4.18. The Labute approximate surface area is 179 Å². The summed E-state index contributed by atoms with van der Waals surface area (Å²) >= 11 is 0. The van der Waals surface area contributed by atoms with Crippen molar-refractivity contribution in [2.75, 3.05) is 5.32 Å². The third-order valence-electron chi connectivity index (χ3n) is 5.61. The van der Waals surface area contributed by atoms with Crippen LogP contribution in [0.15, 0.2) is 60.7 Å². The third-order valence-corrected chi connectivity index (χ3v) is 5.61. The van der Waals surface area contributed by atoms with Gasteiger partial charge in [0.15, 0.2) is 0 Å². The number of ether oxygens (including phenoxy) is 1. The summed E-state index contributed by atoms with van der Waals surface area (Å²) in [6.07, 6.45) is -0.685. The predicted molar refractivity (Wildman–Crippen MR) is 115 cm³/mol. The molecule has 156 valence electrons. The van der Waals surface area contributed by atoms with Crippen molar-refractivity contribution in [1.82, 2.24) is 0 Å². The van der Waals surface area contributed by atoms with E-state index in [4.69, 9.17) is 15.1 Å². The minimum Gasteiger partial charge on any atom is -0.449 e. The molecule has 0 fully saturated rings. The summed E-state index contributed by atoms with van der Waals surface area (Å²) in [6, 6.07) is 19.1. The molecule has 0 amide bonds. The van der Waals surface area contributed by atoms with Crippen LogP contribution in [0.4, 0.5) is 14.9 Å². The molecule has 6 heteroatoms. The number of fused-ring (bicyclic) bond motifs is 1. The van der Waals surface area contributed by atoms with E-state index in [0.717, 1.165) is 27.9 Å². The number of carboxylic acid groups (broad SMARTS) is 1. The van der Waals surface area contributed by atoms with Gasteiger partial charge in [-0.25, -0.2) is 9.18 Å². The van der Waals surface area contributed by atoms with Crippen LogP contribution in [0.25, 0.3) is 11.1 Å². The highest BCUT2D eigenvalue weighted by atomic mass is 19.1. The first kappa shape index (κ1) is 20.4. The number of hydrogen-bond acceptors (Lipinski definition) is 4. The Kier molecular flexibility index (Phi) is 5.12. The van der Waals surface area contributed by atoms with Crippen LogP contribution in [0.1, 0.15) is 36.6 Å². The predicted octanol–water partition coefficient (Wildman–Crippen LogP) is 6.16. The summed E-state index contributed by atoms with van der Waals surface area (Å²) in [5.74, 6) is -0.0541. The van der Waals surface area contributed by atoms with Crippen LogP contribution in [-0.2, 0) is 6.42 Å². The van der Waals surface area contributed by atoms with Gasteiger partial charge in [0.2, 0.25) is 0 Å². The highest BCUT2D eigenvalue weighted by molar-refractivity contribution is 5.67. The minimum absolute atomic E-state index is 0.154. The van der Waals surface area contributed by atoms with Crippen molar-refractivity contribution >= 4 is 11.8 Å². The number of nitrogens with zero attached hydrogens (tertiary/aromatic N) is 1. The molecule has 0 saturated heterocycles. The van der Waals surface area contributed by atoms with Crippen molar-refractivity contribution in [3.8, 4) is 22.9 Å². The van der Waals surface area contributed by atoms with Gasteiger partial charge in [-0.3, -0.25) is 0 Å². The molecular weight excluding hydrogens is 395 g/mol. The molecule has 3 aromatic rings. The molecule has 1 aliphatic rings. The average molecular weight is 416 g/mol. The summed E-state index contributed by atoms with van der Waals surface area (Å²) in [4.78, 5) is 10.8. The van der Waals surface area contributed by atoms with E-state index in [-0.39, 0.29) is 23.0 Å². The second kappa shape index (κ2) is 7.77. The molecule has 1 heterocycles. The van der Waals surface area contributed by atoms with Crippen LogP contribution < -0.4 is 10.1 Å². The summed E-state index contributed by atoms with van der Waals surface area (Å²) in [7, 11) is 0. The molecule has 0 aromatic heterocycles. The van der Waals surface area contributed by atoms with Gasteiger partial charge in [-0.2, -0.15) is 5.26 Å². The molecule has 3 aromatic carbocycles. The van der Waals surface area contributed by atoms with Crippen LogP contribution in [0, 0.1) is 22.6 Å². The van der Waals surface area contributed by atoms with Crippen LogP contribution in [0.2, 0.25) is 0 Å². The molecule has 0 saturated carbocycles. The minimum atomic E-state index is -1.35. The van der Waals surface area contributed by atoms with Gasteiger partial charge in [0.25, 0.3) is 0 Å². The summed E-state index contributed by atoms with van der Waals surface area (Å²) < 4.78 is 19.4. The Morgan fingerprint density at radius 2 is 1.87 bits per heavy atom. The number of rotatable bonds is 3. The second-order valence-corrected chi connectivity index (χ2v) is 8.39. The first-order valence-electron chi connectivity index (χ1n) is 9.86. The van der Waals surface area contributed by atoms with E-state index in [0.29, 0.717) is 12.0 Å². The van der Waals surface area contributed by atoms with Crippen molar-refractivity contribution in [3.63, 3.8) is 0 Å². The van der Waals surface area contributed by atoms with Crippen molar-refractivity contribution in [2.24, 2.45) is 5.41 Å². The van der Waals surface area contributed by atoms with E-state index in [1.807, 2.05) is 18.2 Å². The van der Waals surface area contributed by atoms with Crippen molar-refractivity contribution in [3.05, 3.63) is 83.2 Å². The molecule has 2 N–H and O–H groups in total. The van der Waals surface area contributed by atoms with Crippen LogP contribution in [-0.4, -0.2) is 11.3 Å². The van der Waals surface area contributed by atoms with Gasteiger partial charge in [-0.15, -0.1) is 0 Å². The molecule has 31 heavy (non-hydrogen) atoms. The molecule has 0 bridgehead atoms. The zero-order valence-corrected chi connectivity index (χ0v) is 17.1. The fraction of sp³-hybridized carbons (Fsp3) is 0.200. The van der Waals surface area contributed by atoms with E-state index in [2.05, 4.69) is 25.2 Å². The van der Waals surface area contributed by atoms with Crippen LogP contribution in [0.3, 0.4) is 0 Å². The highest BCUT2D eigenvalue weighted by Crippen LogP contribution is 2.46. The molecular formula is C25H21FN2O3. The Morgan fingerprint density at radius 3 is 2.55 bits per heavy atom. The molecule has 1 atom stereocenters. The smallest absolute Gasteiger partial charge is 0.449 e. The first-order chi connectivity index (χ1) is 14.7. The summed E-state index contributed by atoms with van der Waals surface area (Å²) in [5, 5.41) is 21.3. The maximum absolute atomic E-state index is 14.6. The van der Waals surface area contributed by atoms with Gasteiger partial charge in [-0.1, -0.05) is 26.0 Å². The SMILES string of the molecule is CC1(C)Cc2cc(OC(=O)O)ccc2NC1c1cc(F)cc(-c2ccc(C#N)cc2)c1. The lowest BCUT2D eigenvalue weighted by Gasteiger charge is -2.41. The number of carbonyl (C=O) groups is 1. The largest absolute Gasteiger partial charge is 0.511 e. The highest BCUT2D eigenvalue weighted by Gasteiger charge is 2.36. The van der Waals surface area contributed by atoms with E-state index in [9.17, 15) is 9.18 Å². The third kappa shape index (κ3) is 4.22. The Morgan fingerprint density at radius 1 is 1.13 bits per heavy atom. The molecule has 5 nitrogen and oxygen atoms in total. The number of nitrogens with one attached hydrogen (secondary N) is 1. The van der Waals surface area contributed by atoms with Gasteiger partial charge in [0.1, 0.15) is 11.6 Å². The van der Waals surface area contributed by atoms with Crippen LogP contribution in [0.5, 0.6) is 5.75 Å². The lowest BCUT2D eigenvalue weighted by molar-refractivity contribution is 0.144. The maximum atomic E-state index is 14.6. The fourth-order valence-corrected chi connectivity index (χ4v) is 4.18. The molecule has 0 aliphatic carbocycles. The lowest BCUT2D eigenvalue weighted by Crippen LogP contribution is -2.35. The Hall–Kier alpha value is -3.85. The second-order valence-electron chi connectivity index (χ2n) is 8.39. The summed E-state index contributed by atoms with van der Waals surface area (Å²) in [5.41, 5.74) is 4.50. The number of nitriles is 1. The molecule has 0 spiro atoms. The monoisotopic (exact) mass is 416 g/mol. The number of hydrogen-bond donors (Lipinski definition) is 2. The van der Waals surface area contributed by atoms with Gasteiger partial charge < -0.3 is 15.2 Å². The maximum Gasteiger partial charge on any atom is 0.511 e. The van der Waals surface area contributed by atoms with Crippen LogP contribution >= 0.6 is 0 Å². The van der Waals surface area contributed by atoms with Gasteiger partial charge in [0, 0.05) is 5.69 Å². The summed E-state index contributed by atoms with van der Waals surface area (Å²) in [6.45, 7) is 4.18. The number of halogens is 1. The van der Waals surface area contributed by atoms with E-state index >= 15 is 0 Å². The molecule has 4 rings (SSSR count). The lowest BCUT2D eigenvalue weighted by atomic mass is 9.72. The molecule has 0 radical (unpaired) electrons. The molecule has 1 unspecified atom stereocenters. The first-order valence-corrected chi connectivity index (χ1v) is 9.86. The normalized spacial score (nSPS) is 16.5. The quantitative estimate of drug-likeness (QED) is 0.395. The Bertz CT molecular complexity index is 1200. The molecule has 1 aliphatic heterocycles. The zero-order chi connectivity index (χ0) is 22.2. The number of benzene rings is 3. The van der Waals surface area contributed by atoms with Gasteiger partial charge in [-0.05, 0) is 82.6 Å². The van der Waals surface area contributed by atoms with E-state index in [1.165, 1.54) is 6.07 Å².